The Balaban J connectivity index is 1.50. The summed E-state index contributed by atoms with van der Waals surface area (Å²) in [4.78, 5) is 12.0. The van der Waals surface area contributed by atoms with E-state index in [1.807, 2.05) is 24.3 Å². The van der Waals surface area contributed by atoms with Crippen LogP contribution in [0, 0.1) is 0 Å². The summed E-state index contributed by atoms with van der Waals surface area (Å²) in [6, 6.07) is 7.72. The molecule has 0 bridgehead atoms. The highest BCUT2D eigenvalue weighted by atomic mass is 32.1. The molecule has 0 radical (unpaired) electrons. The highest BCUT2D eigenvalue weighted by Gasteiger charge is 2.08. The summed E-state index contributed by atoms with van der Waals surface area (Å²) in [6.45, 7) is 0.390. The van der Waals surface area contributed by atoms with Gasteiger partial charge in [-0.2, -0.15) is 0 Å². The molecule has 0 atom stereocenters. The summed E-state index contributed by atoms with van der Waals surface area (Å²) in [7, 11) is 1.59. The average molecular weight is 345 g/mol. The van der Waals surface area contributed by atoms with Crippen molar-refractivity contribution in [2.75, 3.05) is 12.4 Å². The molecule has 0 spiro atoms. The van der Waals surface area contributed by atoms with Crippen LogP contribution in [-0.4, -0.2) is 43.4 Å². The van der Waals surface area contributed by atoms with Gasteiger partial charge < -0.3 is 10.1 Å². The number of hydrogen-bond donors (Lipinski definition) is 1. The summed E-state index contributed by atoms with van der Waals surface area (Å²) in [5.41, 5.74) is 1.92. The summed E-state index contributed by atoms with van der Waals surface area (Å²) in [6.07, 6.45) is 2.53. The molecule has 0 unspecified atom stereocenters. The Morgan fingerprint density at radius 2 is 2.12 bits per heavy atom. The third-order valence-electron chi connectivity index (χ3n) is 3.17. The third-order valence-corrected chi connectivity index (χ3v) is 3.98. The van der Waals surface area contributed by atoms with Crippen LogP contribution < -0.4 is 5.32 Å². The number of carbonyl (C=O) groups is 1. The summed E-state index contributed by atoms with van der Waals surface area (Å²) >= 11 is 1.31. The lowest BCUT2D eigenvalue weighted by Crippen LogP contribution is -2.12. The lowest BCUT2D eigenvalue weighted by Gasteiger charge is -2.04. The van der Waals surface area contributed by atoms with Crippen molar-refractivity contribution in [1.29, 1.82) is 0 Å². The van der Waals surface area contributed by atoms with E-state index in [1.165, 1.54) is 17.7 Å². The van der Waals surface area contributed by atoms with E-state index in [-0.39, 0.29) is 5.91 Å². The molecule has 3 rings (SSSR count). The molecule has 1 aromatic carbocycles. The van der Waals surface area contributed by atoms with E-state index < -0.39 is 0 Å². The first-order chi connectivity index (χ1) is 11.7. The van der Waals surface area contributed by atoms with E-state index in [0.29, 0.717) is 24.6 Å². The SMILES string of the molecule is COCc1nnc(NC(=O)CCc2ccc(-n3cnnn3)cc2)s1. The van der Waals surface area contributed by atoms with Crippen molar-refractivity contribution >= 4 is 22.4 Å². The van der Waals surface area contributed by atoms with Crippen molar-refractivity contribution in [1.82, 2.24) is 30.4 Å². The fraction of sp³-hybridized carbons (Fsp3) is 0.286. The second-order valence-corrected chi connectivity index (χ2v) is 5.97. The normalized spacial score (nSPS) is 10.7. The molecular weight excluding hydrogens is 330 g/mol. The number of benzene rings is 1. The maximum atomic E-state index is 12.0. The standard InChI is InChI=1S/C14H15N7O2S/c1-23-8-13-17-18-14(24-13)16-12(22)7-4-10-2-5-11(6-3-10)21-9-15-19-20-21/h2-3,5-6,9H,4,7-8H2,1H3,(H,16,18,22). The molecule has 0 saturated heterocycles. The van der Waals surface area contributed by atoms with Crippen molar-refractivity contribution in [2.24, 2.45) is 0 Å². The quantitative estimate of drug-likeness (QED) is 0.686. The topological polar surface area (TPSA) is 108 Å². The van der Waals surface area contributed by atoms with Gasteiger partial charge in [0.25, 0.3) is 0 Å². The smallest absolute Gasteiger partial charge is 0.226 e. The highest BCUT2D eigenvalue weighted by Crippen LogP contribution is 2.16. The molecule has 24 heavy (non-hydrogen) atoms. The Morgan fingerprint density at radius 1 is 1.29 bits per heavy atom. The van der Waals surface area contributed by atoms with Gasteiger partial charge in [0.05, 0.1) is 5.69 Å². The number of nitrogens with zero attached hydrogens (tertiary/aromatic N) is 6. The predicted octanol–water partition coefficient (Wildman–Crippen LogP) is 1.23. The lowest BCUT2D eigenvalue weighted by atomic mass is 10.1. The van der Waals surface area contributed by atoms with Gasteiger partial charge in [-0.1, -0.05) is 23.5 Å². The molecule has 0 aliphatic rings. The number of hydrogen-bond acceptors (Lipinski definition) is 8. The number of amides is 1. The zero-order valence-electron chi connectivity index (χ0n) is 12.9. The molecule has 2 heterocycles. The van der Waals surface area contributed by atoms with Crippen LogP contribution in [0.3, 0.4) is 0 Å². The number of carbonyl (C=O) groups excluding carboxylic acids is 1. The van der Waals surface area contributed by atoms with Gasteiger partial charge in [0.2, 0.25) is 11.0 Å². The van der Waals surface area contributed by atoms with Gasteiger partial charge in [0, 0.05) is 13.5 Å². The Kier molecular flexibility index (Phi) is 5.18. The van der Waals surface area contributed by atoms with Crippen LogP contribution in [0.15, 0.2) is 30.6 Å². The highest BCUT2D eigenvalue weighted by molar-refractivity contribution is 7.15. The number of aromatic nitrogens is 6. The van der Waals surface area contributed by atoms with Gasteiger partial charge >= 0.3 is 0 Å². The van der Waals surface area contributed by atoms with Crippen LogP contribution in [0.25, 0.3) is 5.69 Å². The second-order valence-electron chi connectivity index (χ2n) is 4.90. The van der Waals surface area contributed by atoms with E-state index in [2.05, 4.69) is 31.0 Å². The van der Waals surface area contributed by atoms with Gasteiger partial charge in [-0.15, -0.1) is 15.3 Å². The van der Waals surface area contributed by atoms with Crippen LogP contribution in [0.4, 0.5) is 5.13 Å². The third kappa shape index (κ3) is 4.18. The molecule has 124 valence electrons. The minimum atomic E-state index is -0.0975. The number of aryl methyl sites for hydroxylation is 1. The molecule has 0 aliphatic heterocycles. The Hall–Kier alpha value is -2.72. The number of anilines is 1. The van der Waals surface area contributed by atoms with E-state index in [4.69, 9.17) is 4.74 Å². The molecule has 0 saturated carbocycles. The van der Waals surface area contributed by atoms with Gasteiger partial charge in [0.1, 0.15) is 17.9 Å². The Bertz CT molecular complexity index is 786. The Morgan fingerprint density at radius 3 is 2.83 bits per heavy atom. The zero-order valence-corrected chi connectivity index (χ0v) is 13.7. The first-order valence-corrected chi connectivity index (χ1v) is 8.00. The predicted molar refractivity (Wildman–Crippen MR) is 86.7 cm³/mol. The maximum absolute atomic E-state index is 12.0. The molecule has 0 fully saturated rings. The van der Waals surface area contributed by atoms with Crippen LogP contribution in [0.5, 0.6) is 0 Å². The number of nitrogens with one attached hydrogen (secondary N) is 1. The summed E-state index contributed by atoms with van der Waals surface area (Å²) in [5.74, 6) is -0.0975. The zero-order chi connectivity index (χ0) is 16.8. The monoisotopic (exact) mass is 345 g/mol. The molecule has 10 heteroatoms. The molecular formula is C14H15N7O2S. The van der Waals surface area contributed by atoms with Crippen LogP contribution in [0.1, 0.15) is 17.0 Å². The Labute approximate surface area is 141 Å². The van der Waals surface area contributed by atoms with Gasteiger partial charge in [-0.05, 0) is 34.5 Å². The van der Waals surface area contributed by atoms with E-state index in [9.17, 15) is 4.79 Å². The summed E-state index contributed by atoms with van der Waals surface area (Å²) in [5, 5.41) is 22.8. The minimum Gasteiger partial charge on any atom is -0.377 e. The molecule has 3 aromatic rings. The number of rotatable bonds is 7. The first-order valence-electron chi connectivity index (χ1n) is 7.18. The van der Waals surface area contributed by atoms with Gasteiger partial charge in [0.15, 0.2) is 0 Å². The van der Waals surface area contributed by atoms with Crippen molar-refractivity contribution in [3.8, 4) is 5.69 Å². The maximum Gasteiger partial charge on any atom is 0.226 e. The fourth-order valence-corrected chi connectivity index (χ4v) is 2.75. The summed E-state index contributed by atoms with van der Waals surface area (Å²) < 4.78 is 6.54. The average Bonchev–Trinajstić information content (AvgIpc) is 3.26. The van der Waals surface area contributed by atoms with Crippen LogP contribution in [0.2, 0.25) is 0 Å². The van der Waals surface area contributed by atoms with Gasteiger partial charge in [-0.3, -0.25) is 4.79 Å². The minimum absolute atomic E-state index is 0.0975. The molecule has 1 N–H and O–H groups in total. The van der Waals surface area contributed by atoms with E-state index in [1.54, 1.807) is 11.8 Å². The molecule has 9 nitrogen and oxygen atoms in total. The van der Waals surface area contributed by atoms with Crippen molar-refractivity contribution < 1.29 is 9.53 Å². The van der Waals surface area contributed by atoms with Crippen molar-refractivity contribution in [3.05, 3.63) is 41.2 Å². The number of methoxy groups -OCH3 is 1. The first kappa shape index (κ1) is 16.1. The largest absolute Gasteiger partial charge is 0.377 e. The fourth-order valence-electron chi connectivity index (χ4n) is 2.02. The van der Waals surface area contributed by atoms with Gasteiger partial charge in [-0.25, -0.2) is 4.68 Å². The van der Waals surface area contributed by atoms with E-state index in [0.717, 1.165) is 16.3 Å². The van der Waals surface area contributed by atoms with Crippen molar-refractivity contribution in [3.63, 3.8) is 0 Å². The number of tetrazole rings is 1. The van der Waals surface area contributed by atoms with Crippen LogP contribution >= 0.6 is 11.3 Å². The lowest BCUT2D eigenvalue weighted by molar-refractivity contribution is -0.116. The molecule has 2 aromatic heterocycles. The van der Waals surface area contributed by atoms with Crippen LogP contribution in [-0.2, 0) is 22.6 Å². The number of ether oxygens (including phenoxy) is 1. The van der Waals surface area contributed by atoms with E-state index >= 15 is 0 Å². The second kappa shape index (κ2) is 7.70. The van der Waals surface area contributed by atoms with Crippen molar-refractivity contribution in [2.45, 2.75) is 19.4 Å². The molecule has 0 aliphatic carbocycles. The molecule has 1 amide bonds.